The Morgan fingerprint density at radius 1 is 1.33 bits per heavy atom. The van der Waals surface area contributed by atoms with Crippen LogP contribution < -0.4 is 16.0 Å². The molecule has 1 atom stereocenters. The van der Waals surface area contributed by atoms with E-state index in [1.54, 1.807) is 0 Å². The smallest absolute Gasteiger partial charge is 0.330 e. The molecule has 0 aliphatic carbocycles. The SMILES string of the molecule is Cn1cc(S(=O)(=O)NCCN2CCCC(CO)C2)c(=O)n(C)c1=O. The van der Waals surface area contributed by atoms with Gasteiger partial charge in [0.1, 0.15) is 0 Å². The first kappa shape index (κ1) is 18.8. The van der Waals surface area contributed by atoms with Gasteiger partial charge in [0.15, 0.2) is 4.90 Å². The van der Waals surface area contributed by atoms with Crippen LogP contribution in [0.5, 0.6) is 0 Å². The van der Waals surface area contributed by atoms with Crippen molar-refractivity contribution in [2.24, 2.45) is 20.0 Å². The summed E-state index contributed by atoms with van der Waals surface area (Å²) in [5.74, 6) is 0.228. The number of aromatic nitrogens is 2. The predicted octanol–water partition coefficient (Wildman–Crippen LogP) is -1.93. The van der Waals surface area contributed by atoms with Gasteiger partial charge in [-0.25, -0.2) is 17.9 Å². The molecule has 1 unspecified atom stereocenters. The molecule has 10 heteroatoms. The second-order valence-electron chi connectivity index (χ2n) is 6.14. The van der Waals surface area contributed by atoms with Crippen molar-refractivity contribution in [1.29, 1.82) is 0 Å². The number of piperidine rings is 1. The lowest BCUT2D eigenvalue weighted by Gasteiger charge is -2.31. The number of hydrogen-bond donors (Lipinski definition) is 2. The summed E-state index contributed by atoms with van der Waals surface area (Å²) in [7, 11) is -1.36. The van der Waals surface area contributed by atoms with Gasteiger partial charge in [0.25, 0.3) is 5.56 Å². The summed E-state index contributed by atoms with van der Waals surface area (Å²) in [6, 6.07) is 0. The molecule has 1 saturated heterocycles. The van der Waals surface area contributed by atoms with Gasteiger partial charge in [0, 0.05) is 46.5 Å². The van der Waals surface area contributed by atoms with Crippen LogP contribution >= 0.6 is 0 Å². The van der Waals surface area contributed by atoms with E-state index in [2.05, 4.69) is 9.62 Å². The number of nitrogens with one attached hydrogen (secondary N) is 1. The molecule has 136 valence electrons. The van der Waals surface area contributed by atoms with Crippen LogP contribution in [0.1, 0.15) is 12.8 Å². The third kappa shape index (κ3) is 4.12. The monoisotopic (exact) mass is 360 g/mol. The van der Waals surface area contributed by atoms with Gasteiger partial charge in [-0.2, -0.15) is 0 Å². The highest BCUT2D eigenvalue weighted by molar-refractivity contribution is 7.89. The molecule has 0 bridgehead atoms. The molecule has 2 rings (SSSR count). The molecule has 0 spiro atoms. The number of nitrogens with zero attached hydrogens (tertiary/aromatic N) is 3. The van der Waals surface area contributed by atoms with E-state index in [-0.39, 0.29) is 19.1 Å². The van der Waals surface area contributed by atoms with Crippen molar-refractivity contribution in [3.63, 3.8) is 0 Å². The van der Waals surface area contributed by atoms with Gasteiger partial charge in [-0.1, -0.05) is 0 Å². The molecule has 1 aliphatic rings. The standard InChI is InChI=1S/C14H24N4O5S/c1-16-9-12(13(20)17(2)14(16)21)24(22,23)15-5-7-18-6-3-4-11(8-18)10-19/h9,11,15,19H,3-8,10H2,1-2H3. The van der Waals surface area contributed by atoms with E-state index in [4.69, 9.17) is 0 Å². The van der Waals surface area contributed by atoms with E-state index in [0.29, 0.717) is 6.54 Å². The van der Waals surface area contributed by atoms with Crippen molar-refractivity contribution in [1.82, 2.24) is 18.8 Å². The van der Waals surface area contributed by atoms with Crippen LogP contribution in [0.15, 0.2) is 20.7 Å². The number of hydrogen-bond acceptors (Lipinski definition) is 6. The molecule has 1 aromatic heterocycles. The normalized spacial score (nSPS) is 19.5. The summed E-state index contributed by atoms with van der Waals surface area (Å²) in [5.41, 5.74) is -1.42. The van der Waals surface area contributed by atoms with Gasteiger partial charge in [-0.15, -0.1) is 0 Å². The highest BCUT2D eigenvalue weighted by Gasteiger charge is 2.23. The molecule has 1 fully saturated rings. The first-order chi connectivity index (χ1) is 11.3. The van der Waals surface area contributed by atoms with Gasteiger partial charge in [0.2, 0.25) is 10.0 Å². The van der Waals surface area contributed by atoms with E-state index < -0.39 is 26.2 Å². The van der Waals surface area contributed by atoms with Crippen molar-refractivity contribution in [2.75, 3.05) is 32.8 Å². The van der Waals surface area contributed by atoms with Crippen LogP contribution in [0.2, 0.25) is 0 Å². The van der Waals surface area contributed by atoms with Crippen molar-refractivity contribution < 1.29 is 13.5 Å². The Balaban J connectivity index is 2.05. The van der Waals surface area contributed by atoms with Crippen LogP contribution in [-0.4, -0.2) is 60.3 Å². The molecule has 2 N–H and O–H groups in total. The molecule has 0 saturated carbocycles. The highest BCUT2D eigenvalue weighted by Crippen LogP contribution is 2.15. The minimum atomic E-state index is -3.99. The van der Waals surface area contributed by atoms with Crippen LogP contribution in [0.25, 0.3) is 0 Å². The summed E-state index contributed by atoms with van der Waals surface area (Å²) in [6.45, 7) is 2.39. The minimum absolute atomic E-state index is 0.135. The van der Waals surface area contributed by atoms with Crippen molar-refractivity contribution >= 4 is 10.0 Å². The number of sulfonamides is 1. The Morgan fingerprint density at radius 2 is 2.04 bits per heavy atom. The maximum Gasteiger partial charge on any atom is 0.330 e. The van der Waals surface area contributed by atoms with Gasteiger partial charge in [-0.05, 0) is 25.3 Å². The average molecular weight is 360 g/mol. The number of likely N-dealkylation sites (tertiary alicyclic amines) is 1. The largest absolute Gasteiger partial charge is 0.396 e. The molecule has 0 amide bonds. The molecule has 2 heterocycles. The maximum atomic E-state index is 12.3. The van der Waals surface area contributed by atoms with Crippen molar-refractivity contribution in [3.8, 4) is 0 Å². The van der Waals surface area contributed by atoms with Crippen molar-refractivity contribution in [2.45, 2.75) is 17.7 Å². The molecule has 0 aromatic carbocycles. The summed E-state index contributed by atoms with van der Waals surface area (Å²) in [6.07, 6.45) is 2.99. The first-order valence-corrected chi connectivity index (χ1v) is 9.34. The third-order valence-electron chi connectivity index (χ3n) is 4.29. The van der Waals surface area contributed by atoms with Crippen molar-refractivity contribution in [3.05, 3.63) is 27.0 Å². The predicted molar refractivity (Wildman–Crippen MR) is 88.4 cm³/mol. The topological polar surface area (TPSA) is 114 Å². The van der Waals surface area contributed by atoms with E-state index in [9.17, 15) is 23.1 Å². The quantitative estimate of drug-likeness (QED) is 0.611. The zero-order valence-corrected chi connectivity index (χ0v) is 14.8. The van der Waals surface area contributed by atoms with E-state index in [1.165, 1.54) is 14.1 Å². The highest BCUT2D eigenvalue weighted by atomic mass is 32.2. The third-order valence-corrected chi connectivity index (χ3v) is 5.73. The molecule has 0 radical (unpaired) electrons. The lowest BCUT2D eigenvalue weighted by molar-refractivity contribution is 0.122. The lowest BCUT2D eigenvalue weighted by atomic mass is 9.99. The summed E-state index contributed by atoms with van der Waals surface area (Å²) < 4.78 is 28.9. The fraction of sp³-hybridized carbons (Fsp3) is 0.714. The summed E-state index contributed by atoms with van der Waals surface area (Å²) >= 11 is 0. The van der Waals surface area contributed by atoms with Crippen LogP contribution in [0.3, 0.4) is 0 Å². The Morgan fingerprint density at radius 3 is 2.71 bits per heavy atom. The summed E-state index contributed by atoms with van der Waals surface area (Å²) in [4.78, 5) is 25.3. The van der Waals surface area contributed by atoms with Crippen LogP contribution in [0.4, 0.5) is 0 Å². The molecular weight excluding hydrogens is 336 g/mol. The second-order valence-corrected chi connectivity index (χ2v) is 7.88. The average Bonchev–Trinajstić information content (AvgIpc) is 2.56. The fourth-order valence-electron chi connectivity index (χ4n) is 2.88. The number of aliphatic hydroxyl groups excluding tert-OH is 1. The molecular formula is C14H24N4O5S. The fourth-order valence-corrected chi connectivity index (χ4v) is 4.06. The van der Waals surface area contributed by atoms with Crippen LogP contribution in [-0.2, 0) is 24.1 Å². The lowest BCUT2D eigenvalue weighted by Crippen LogP contribution is -2.44. The minimum Gasteiger partial charge on any atom is -0.396 e. The maximum absolute atomic E-state index is 12.3. The van der Waals surface area contributed by atoms with Crippen LogP contribution in [0, 0.1) is 5.92 Å². The Labute approximate surface area is 140 Å². The molecule has 24 heavy (non-hydrogen) atoms. The Hall–Kier alpha value is -1.49. The van der Waals surface area contributed by atoms with Gasteiger partial charge in [0.05, 0.1) is 0 Å². The number of aryl methyl sites for hydroxylation is 1. The zero-order valence-electron chi connectivity index (χ0n) is 13.9. The van der Waals surface area contributed by atoms with E-state index in [0.717, 1.165) is 41.3 Å². The first-order valence-electron chi connectivity index (χ1n) is 7.86. The summed E-state index contributed by atoms with van der Waals surface area (Å²) in [5, 5.41) is 9.21. The van der Waals surface area contributed by atoms with E-state index >= 15 is 0 Å². The molecule has 1 aromatic rings. The zero-order chi connectivity index (χ0) is 17.9. The van der Waals surface area contributed by atoms with Gasteiger partial charge in [-0.3, -0.25) is 9.36 Å². The Kier molecular flexibility index (Phi) is 5.97. The molecule has 1 aliphatic heterocycles. The number of aliphatic hydroxyl groups is 1. The second kappa shape index (κ2) is 7.60. The van der Waals surface area contributed by atoms with Gasteiger partial charge < -0.3 is 14.6 Å². The molecule has 9 nitrogen and oxygen atoms in total. The van der Waals surface area contributed by atoms with Gasteiger partial charge >= 0.3 is 5.69 Å². The van der Waals surface area contributed by atoms with E-state index in [1.807, 2.05) is 0 Å². The number of rotatable bonds is 6. The Bertz CT molecular complexity index is 798.